The second-order valence-corrected chi connectivity index (χ2v) is 3.64. The van der Waals surface area contributed by atoms with E-state index in [-0.39, 0.29) is 24.2 Å². The number of benzene rings is 1. The third-order valence-electron chi connectivity index (χ3n) is 2.19. The molecule has 3 N–H and O–H groups in total. The van der Waals surface area contributed by atoms with E-state index in [1.54, 1.807) is 0 Å². The van der Waals surface area contributed by atoms with Gasteiger partial charge in [0.2, 0.25) is 0 Å². The van der Waals surface area contributed by atoms with Gasteiger partial charge in [-0.3, -0.25) is 0 Å². The monoisotopic (exact) mass is 254 g/mol. The molecule has 6 nitrogen and oxygen atoms in total. The van der Waals surface area contributed by atoms with Gasteiger partial charge in [-0.25, -0.2) is 9.59 Å². The van der Waals surface area contributed by atoms with Crippen LogP contribution >= 0.6 is 0 Å². The van der Waals surface area contributed by atoms with Crippen LogP contribution in [-0.2, 0) is 4.74 Å². The van der Waals surface area contributed by atoms with Crippen LogP contribution in [-0.4, -0.2) is 40.2 Å². The van der Waals surface area contributed by atoms with Crippen LogP contribution < -0.4 is 0 Å². The van der Waals surface area contributed by atoms with Crippen LogP contribution in [0.4, 0.5) is 0 Å². The minimum absolute atomic E-state index is 0.00947. The molecular formula is C12H14O6. The summed E-state index contributed by atoms with van der Waals surface area (Å²) in [6.45, 7) is 0.0494. The second-order valence-electron chi connectivity index (χ2n) is 3.64. The van der Waals surface area contributed by atoms with Crippen molar-refractivity contribution in [3.05, 3.63) is 35.4 Å². The van der Waals surface area contributed by atoms with E-state index in [0.29, 0.717) is 6.42 Å². The van der Waals surface area contributed by atoms with Crippen LogP contribution in [0.2, 0.25) is 0 Å². The molecular weight excluding hydrogens is 240 g/mol. The highest BCUT2D eigenvalue weighted by Gasteiger charge is 2.10. The number of carbonyl (C=O) groups excluding carboxylic acids is 1. The highest BCUT2D eigenvalue weighted by Crippen LogP contribution is 2.07. The van der Waals surface area contributed by atoms with E-state index in [4.69, 9.17) is 20.1 Å². The summed E-state index contributed by atoms with van der Waals surface area (Å²) < 4.78 is 4.86. The van der Waals surface area contributed by atoms with E-state index in [0.717, 1.165) is 0 Å². The lowest BCUT2D eigenvalue weighted by Gasteiger charge is -2.06. The van der Waals surface area contributed by atoms with Crippen molar-refractivity contribution in [1.82, 2.24) is 0 Å². The van der Waals surface area contributed by atoms with E-state index in [1.807, 2.05) is 0 Å². The zero-order valence-electron chi connectivity index (χ0n) is 9.57. The Hall–Kier alpha value is -1.92. The summed E-state index contributed by atoms with van der Waals surface area (Å²) in [7, 11) is 0. The van der Waals surface area contributed by atoms with Crippen LogP contribution in [0.15, 0.2) is 24.3 Å². The minimum Gasteiger partial charge on any atom is -0.478 e. The molecule has 0 aliphatic carbocycles. The van der Waals surface area contributed by atoms with E-state index in [2.05, 4.69) is 0 Å². The summed E-state index contributed by atoms with van der Waals surface area (Å²) >= 11 is 0. The number of ether oxygens (including phenoxy) is 1. The second kappa shape index (κ2) is 6.73. The number of aliphatic hydroxyl groups excluding tert-OH is 1. The van der Waals surface area contributed by atoms with Crippen molar-refractivity contribution >= 4 is 11.9 Å². The van der Waals surface area contributed by atoms with E-state index in [1.165, 1.54) is 24.3 Å². The van der Waals surface area contributed by atoms with Gasteiger partial charge in [-0.05, 0) is 24.6 Å². The molecule has 0 aliphatic rings. The zero-order valence-corrected chi connectivity index (χ0v) is 9.57. The normalized spacial score (nSPS) is 10.4. The molecule has 0 aromatic heterocycles. The molecule has 1 rings (SSSR count). The molecule has 0 spiro atoms. The largest absolute Gasteiger partial charge is 0.478 e. The molecule has 0 bridgehead atoms. The number of carbonyl (C=O) groups is 2. The summed E-state index contributed by atoms with van der Waals surface area (Å²) in [6, 6.07) is 5.51. The molecule has 6 heteroatoms. The Morgan fingerprint density at radius 3 is 2.50 bits per heavy atom. The molecule has 1 aromatic rings. The number of carboxylic acid groups (broad SMARTS) is 1. The Morgan fingerprint density at radius 2 is 1.89 bits per heavy atom. The number of rotatable bonds is 6. The van der Waals surface area contributed by atoms with Crippen LogP contribution in [0.1, 0.15) is 33.6 Å². The molecule has 0 atom stereocenters. The number of aliphatic hydroxyl groups is 2. The fraction of sp³-hybridized carbons (Fsp3) is 0.333. The third-order valence-corrected chi connectivity index (χ3v) is 2.19. The Labute approximate surface area is 103 Å². The SMILES string of the molecule is O=C(O)c1cccc(C(=O)OCCCC(O)O)c1. The van der Waals surface area contributed by atoms with Gasteiger partial charge in [-0.2, -0.15) is 0 Å². The van der Waals surface area contributed by atoms with Crippen LogP contribution in [0.25, 0.3) is 0 Å². The highest BCUT2D eigenvalue weighted by atomic mass is 16.5. The lowest BCUT2D eigenvalue weighted by molar-refractivity contribution is -0.0493. The van der Waals surface area contributed by atoms with Gasteiger partial charge in [0.05, 0.1) is 17.7 Å². The molecule has 98 valence electrons. The third kappa shape index (κ3) is 4.52. The Balaban J connectivity index is 2.51. The van der Waals surface area contributed by atoms with Crippen molar-refractivity contribution in [2.75, 3.05) is 6.61 Å². The van der Waals surface area contributed by atoms with Crippen molar-refractivity contribution in [1.29, 1.82) is 0 Å². The van der Waals surface area contributed by atoms with Crippen molar-refractivity contribution in [2.45, 2.75) is 19.1 Å². The number of carboxylic acids is 1. The molecule has 0 amide bonds. The fourth-order valence-electron chi connectivity index (χ4n) is 1.29. The van der Waals surface area contributed by atoms with Crippen molar-refractivity contribution in [3.63, 3.8) is 0 Å². The molecule has 1 aromatic carbocycles. The van der Waals surface area contributed by atoms with Crippen molar-refractivity contribution < 1.29 is 29.6 Å². The van der Waals surface area contributed by atoms with E-state index >= 15 is 0 Å². The Morgan fingerprint density at radius 1 is 1.22 bits per heavy atom. The molecule has 0 heterocycles. The van der Waals surface area contributed by atoms with Gasteiger partial charge in [-0.1, -0.05) is 6.07 Å². The Kier molecular flexibility index (Phi) is 5.29. The van der Waals surface area contributed by atoms with E-state index in [9.17, 15) is 9.59 Å². The number of hydrogen-bond acceptors (Lipinski definition) is 5. The topological polar surface area (TPSA) is 104 Å². The summed E-state index contributed by atoms with van der Waals surface area (Å²) in [6.07, 6.45) is -0.983. The van der Waals surface area contributed by atoms with Crippen LogP contribution in [0.5, 0.6) is 0 Å². The average molecular weight is 254 g/mol. The van der Waals surface area contributed by atoms with Gasteiger partial charge < -0.3 is 20.1 Å². The molecule has 0 fully saturated rings. The summed E-state index contributed by atoms with van der Waals surface area (Å²) in [4.78, 5) is 22.2. The number of hydrogen-bond donors (Lipinski definition) is 3. The van der Waals surface area contributed by atoms with Gasteiger partial charge in [0.15, 0.2) is 6.29 Å². The first kappa shape index (κ1) is 14.1. The van der Waals surface area contributed by atoms with Gasteiger partial charge in [0.25, 0.3) is 0 Å². The summed E-state index contributed by atoms with van der Waals surface area (Å²) in [5.74, 6) is -1.75. The maximum absolute atomic E-state index is 11.5. The van der Waals surface area contributed by atoms with Crippen molar-refractivity contribution in [3.8, 4) is 0 Å². The maximum Gasteiger partial charge on any atom is 0.338 e. The van der Waals surface area contributed by atoms with Gasteiger partial charge in [-0.15, -0.1) is 0 Å². The van der Waals surface area contributed by atoms with E-state index < -0.39 is 18.2 Å². The predicted octanol–water partition coefficient (Wildman–Crippen LogP) is 0.632. The van der Waals surface area contributed by atoms with Crippen molar-refractivity contribution in [2.24, 2.45) is 0 Å². The molecule has 0 saturated carbocycles. The lowest BCUT2D eigenvalue weighted by Crippen LogP contribution is -2.10. The standard InChI is InChI=1S/C12H14O6/c13-10(14)5-2-6-18-12(17)9-4-1-3-8(7-9)11(15)16/h1,3-4,7,10,13-14H,2,5-6H2,(H,15,16). The predicted molar refractivity (Wildman–Crippen MR) is 61.1 cm³/mol. The minimum atomic E-state index is -1.42. The molecule has 0 unspecified atom stereocenters. The van der Waals surface area contributed by atoms with Gasteiger partial charge in [0, 0.05) is 6.42 Å². The first-order chi connectivity index (χ1) is 8.50. The smallest absolute Gasteiger partial charge is 0.338 e. The maximum atomic E-state index is 11.5. The quantitative estimate of drug-likeness (QED) is 0.391. The number of aromatic carboxylic acids is 1. The first-order valence-corrected chi connectivity index (χ1v) is 5.37. The summed E-state index contributed by atoms with van der Waals surface area (Å²) in [5, 5.41) is 25.9. The number of esters is 1. The lowest BCUT2D eigenvalue weighted by atomic mass is 10.1. The summed E-state index contributed by atoms with van der Waals surface area (Å²) in [5.41, 5.74) is 0.162. The fourth-order valence-corrected chi connectivity index (χ4v) is 1.29. The first-order valence-electron chi connectivity index (χ1n) is 5.37. The average Bonchev–Trinajstić information content (AvgIpc) is 2.34. The van der Waals surface area contributed by atoms with Crippen LogP contribution in [0.3, 0.4) is 0 Å². The van der Waals surface area contributed by atoms with Gasteiger partial charge in [0.1, 0.15) is 0 Å². The highest BCUT2D eigenvalue weighted by molar-refractivity contribution is 5.94. The van der Waals surface area contributed by atoms with Gasteiger partial charge >= 0.3 is 11.9 Å². The molecule has 18 heavy (non-hydrogen) atoms. The zero-order chi connectivity index (χ0) is 13.5. The van der Waals surface area contributed by atoms with Crippen LogP contribution in [0, 0.1) is 0 Å². The molecule has 0 radical (unpaired) electrons. The Bertz CT molecular complexity index is 426. The molecule has 0 saturated heterocycles. The molecule has 0 aliphatic heterocycles.